The monoisotopic (exact) mass is 334 g/mol. The number of thiophene rings is 1. The molecule has 22 heavy (non-hydrogen) atoms. The number of carbonyl (C=O) groups excluding carboxylic acids is 2. The smallest absolute Gasteiger partial charge is 0.330 e. The van der Waals surface area contributed by atoms with Crippen LogP contribution in [0.3, 0.4) is 0 Å². The number of esters is 1. The molecule has 0 aliphatic rings. The van der Waals surface area contributed by atoms with Crippen molar-refractivity contribution in [1.82, 2.24) is 4.98 Å². The maximum atomic E-state index is 11.0. The fourth-order valence-electron chi connectivity index (χ4n) is 1.51. The van der Waals surface area contributed by atoms with Crippen molar-refractivity contribution in [2.75, 3.05) is 12.4 Å². The summed E-state index contributed by atoms with van der Waals surface area (Å²) >= 11 is 2.94. The Labute approximate surface area is 136 Å². The van der Waals surface area contributed by atoms with Gasteiger partial charge in [0, 0.05) is 23.3 Å². The van der Waals surface area contributed by atoms with Crippen molar-refractivity contribution in [3.63, 3.8) is 0 Å². The number of hydrogen-bond acceptors (Lipinski definition) is 6. The topological polar surface area (TPSA) is 68.3 Å². The van der Waals surface area contributed by atoms with Gasteiger partial charge in [0.05, 0.1) is 12.8 Å². The maximum absolute atomic E-state index is 11.0. The van der Waals surface area contributed by atoms with Gasteiger partial charge in [0.25, 0.3) is 0 Å². The molecule has 0 aliphatic heterocycles. The van der Waals surface area contributed by atoms with Crippen LogP contribution in [0.4, 0.5) is 5.13 Å². The lowest BCUT2D eigenvalue weighted by Gasteiger charge is -1.92. The Bertz CT molecular complexity index is 729. The summed E-state index contributed by atoms with van der Waals surface area (Å²) in [5, 5.41) is 7.04. The zero-order valence-corrected chi connectivity index (χ0v) is 13.7. The Morgan fingerprint density at radius 1 is 1.23 bits per heavy atom. The Hall–Kier alpha value is -2.25. The van der Waals surface area contributed by atoms with E-state index in [1.165, 1.54) is 31.4 Å². The van der Waals surface area contributed by atoms with E-state index in [1.54, 1.807) is 17.4 Å². The van der Waals surface area contributed by atoms with Crippen molar-refractivity contribution in [2.45, 2.75) is 6.92 Å². The first kappa shape index (κ1) is 16.1. The molecule has 1 amide bonds. The highest BCUT2D eigenvalue weighted by Gasteiger charge is 2.01. The fourth-order valence-corrected chi connectivity index (χ4v) is 3.01. The summed E-state index contributed by atoms with van der Waals surface area (Å²) in [6, 6.07) is 1.96. The van der Waals surface area contributed by atoms with E-state index in [4.69, 9.17) is 0 Å². The van der Waals surface area contributed by atoms with Crippen molar-refractivity contribution in [1.29, 1.82) is 0 Å². The average Bonchev–Trinajstić information content (AvgIpc) is 3.11. The Balaban J connectivity index is 2.00. The number of ether oxygens (including phenoxy) is 1. The van der Waals surface area contributed by atoms with Crippen LogP contribution in [0.25, 0.3) is 18.2 Å². The molecule has 2 aromatic rings. The minimum atomic E-state index is -0.378. The second-order valence-electron chi connectivity index (χ2n) is 4.23. The van der Waals surface area contributed by atoms with Gasteiger partial charge >= 0.3 is 5.97 Å². The first-order chi connectivity index (χ1) is 10.6. The predicted molar refractivity (Wildman–Crippen MR) is 90.7 cm³/mol. The molecule has 114 valence electrons. The summed E-state index contributed by atoms with van der Waals surface area (Å²) in [6.07, 6.45) is 6.90. The van der Waals surface area contributed by atoms with Crippen molar-refractivity contribution < 1.29 is 14.3 Å². The summed E-state index contributed by atoms with van der Waals surface area (Å²) in [7, 11) is 1.34. The quantitative estimate of drug-likeness (QED) is 0.671. The molecule has 0 unspecified atom stereocenters. The van der Waals surface area contributed by atoms with Crippen LogP contribution in [0, 0.1) is 0 Å². The van der Waals surface area contributed by atoms with Crippen LogP contribution in [-0.2, 0) is 14.3 Å². The van der Waals surface area contributed by atoms with Crippen LogP contribution < -0.4 is 5.32 Å². The van der Waals surface area contributed by atoms with E-state index >= 15 is 0 Å². The van der Waals surface area contributed by atoms with E-state index in [0.29, 0.717) is 5.13 Å². The summed E-state index contributed by atoms with van der Waals surface area (Å²) in [5.41, 5.74) is 1.72. The predicted octanol–water partition coefficient (Wildman–Crippen LogP) is 3.52. The van der Waals surface area contributed by atoms with Crippen LogP contribution in [0.1, 0.15) is 23.1 Å². The molecule has 1 N–H and O–H groups in total. The van der Waals surface area contributed by atoms with Gasteiger partial charge in [0.2, 0.25) is 5.91 Å². The van der Waals surface area contributed by atoms with Gasteiger partial charge in [-0.2, -0.15) is 0 Å². The highest BCUT2D eigenvalue weighted by molar-refractivity contribution is 7.14. The van der Waals surface area contributed by atoms with E-state index in [9.17, 15) is 9.59 Å². The lowest BCUT2D eigenvalue weighted by atomic mass is 10.2. The highest BCUT2D eigenvalue weighted by Crippen LogP contribution is 2.21. The normalized spacial score (nSPS) is 11.2. The average molecular weight is 334 g/mol. The summed E-state index contributed by atoms with van der Waals surface area (Å²) in [6.45, 7) is 1.45. The number of amides is 1. The van der Waals surface area contributed by atoms with Gasteiger partial charge in [-0.3, -0.25) is 4.79 Å². The molecule has 0 radical (unpaired) electrons. The van der Waals surface area contributed by atoms with Crippen LogP contribution >= 0.6 is 22.7 Å². The highest BCUT2D eigenvalue weighted by atomic mass is 32.1. The zero-order valence-electron chi connectivity index (χ0n) is 12.0. The molecule has 2 aromatic heterocycles. The SMILES string of the molecule is COC(=O)/C=C/c1csc(C=Cc2csc(NC(C)=O)n2)c1. The third-order valence-electron chi connectivity index (χ3n) is 2.48. The molecule has 0 atom stereocenters. The van der Waals surface area contributed by atoms with Gasteiger partial charge in [0.1, 0.15) is 0 Å². The molecule has 0 spiro atoms. The Morgan fingerprint density at radius 2 is 2.05 bits per heavy atom. The number of thiazole rings is 1. The summed E-state index contributed by atoms with van der Waals surface area (Å²) in [5.74, 6) is -0.513. The second kappa shape index (κ2) is 7.67. The molecule has 0 fully saturated rings. The van der Waals surface area contributed by atoms with E-state index in [1.807, 2.05) is 29.0 Å². The van der Waals surface area contributed by atoms with Gasteiger partial charge < -0.3 is 10.1 Å². The van der Waals surface area contributed by atoms with Crippen LogP contribution in [0.5, 0.6) is 0 Å². The number of methoxy groups -OCH3 is 1. The van der Waals surface area contributed by atoms with E-state index in [-0.39, 0.29) is 11.9 Å². The van der Waals surface area contributed by atoms with Crippen LogP contribution in [0.2, 0.25) is 0 Å². The Kier molecular flexibility index (Phi) is 5.62. The van der Waals surface area contributed by atoms with Crippen molar-refractivity contribution in [2.24, 2.45) is 0 Å². The van der Waals surface area contributed by atoms with Gasteiger partial charge in [0.15, 0.2) is 5.13 Å². The number of hydrogen-bond donors (Lipinski definition) is 1. The van der Waals surface area contributed by atoms with Gasteiger partial charge in [-0.15, -0.1) is 22.7 Å². The van der Waals surface area contributed by atoms with E-state index in [0.717, 1.165) is 16.1 Å². The van der Waals surface area contributed by atoms with Gasteiger partial charge in [-0.25, -0.2) is 9.78 Å². The number of nitrogens with zero attached hydrogens (tertiary/aromatic N) is 1. The third-order valence-corrected chi connectivity index (χ3v) is 4.17. The third kappa shape index (κ3) is 4.94. The molecular formula is C15H14N2O3S2. The molecule has 7 heteroatoms. The van der Waals surface area contributed by atoms with Gasteiger partial charge in [-0.1, -0.05) is 0 Å². The largest absolute Gasteiger partial charge is 0.466 e. The summed E-state index contributed by atoms with van der Waals surface area (Å²) in [4.78, 5) is 27.3. The molecule has 0 aliphatic carbocycles. The van der Waals surface area contributed by atoms with E-state index in [2.05, 4.69) is 15.0 Å². The number of carbonyl (C=O) groups is 2. The van der Waals surface area contributed by atoms with Crippen molar-refractivity contribution in [3.8, 4) is 0 Å². The first-order valence-electron chi connectivity index (χ1n) is 6.32. The second-order valence-corrected chi connectivity index (χ2v) is 6.03. The van der Waals surface area contributed by atoms with E-state index < -0.39 is 0 Å². The van der Waals surface area contributed by atoms with Crippen molar-refractivity contribution in [3.05, 3.63) is 39.0 Å². The minimum Gasteiger partial charge on any atom is -0.466 e. The lowest BCUT2D eigenvalue weighted by Crippen LogP contribution is -2.04. The first-order valence-corrected chi connectivity index (χ1v) is 8.08. The number of nitrogens with one attached hydrogen (secondary N) is 1. The molecule has 2 rings (SSSR count). The lowest BCUT2D eigenvalue weighted by molar-refractivity contribution is -0.134. The standard InChI is InChI=1S/C15H14N2O3S2/c1-10(18)16-15-17-12(9-22-15)4-5-13-7-11(8-21-13)3-6-14(19)20-2/h3-9H,1-2H3,(H,16,17,18)/b5-4?,6-3+. The number of anilines is 1. The molecule has 2 heterocycles. The molecule has 5 nitrogen and oxygen atoms in total. The van der Waals surface area contributed by atoms with Crippen molar-refractivity contribution >= 4 is 57.9 Å². The Morgan fingerprint density at radius 3 is 2.77 bits per heavy atom. The fraction of sp³-hybridized carbons (Fsp3) is 0.133. The molecule has 0 bridgehead atoms. The molecular weight excluding hydrogens is 320 g/mol. The summed E-state index contributed by atoms with van der Waals surface area (Å²) < 4.78 is 4.54. The van der Waals surface area contributed by atoms with Crippen LogP contribution in [0.15, 0.2) is 22.9 Å². The van der Waals surface area contributed by atoms with Crippen LogP contribution in [-0.4, -0.2) is 24.0 Å². The molecule has 0 saturated heterocycles. The molecule has 0 aromatic carbocycles. The minimum absolute atomic E-state index is 0.134. The zero-order chi connectivity index (χ0) is 15.9. The number of rotatable bonds is 5. The maximum Gasteiger partial charge on any atom is 0.330 e. The van der Waals surface area contributed by atoms with Gasteiger partial charge in [-0.05, 0) is 35.2 Å². The number of aromatic nitrogens is 1. The molecule has 0 saturated carbocycles.